The predicted molar refractivity (Wildman–Crippen MR) is 108 cm³/mol. The quantitative estimate of drug-likeness (QED) is 0.630. The van der Waals surface area contributed by atoms with Gasteiger partial charge in [0.05, 0.1) is 29.9 Å². The van der Waals surface area contributed by atoms with E-state index in [9.17, 15) is 4.79 Å². The van der Waals surface area contributed by atoms with Crippen LogP contribution < -0.4 is 10.1 Å². The summed E-state index contributed by atoms with van der Waals surface area (Å²) in [6.07, 6.45) is 2.32. The SMILES string of the molecule is COc1ccc(C(NC(=O)CSc2nc3ccccc3n2C)C2CC2)cc1. The normalized spacial score (nSPS) is 14.9. The molecule has 1 atom stereocenters. The number of carbonyl (C=O) groups is 1. The third-order valence-corrected chi connectivity index (χ3v) is 5.99. The van der Waals surface area contributed by atoms with Crippen molar-refractivity contribution in [3.05, 3.63) is 54.1 Å². The molecule has 1 N–H and O–H groups in total. The van der Waals surface area contributed by atoms with Crippen LogP contribution in [-0.2, 0) is 11.8 Å². The van der Waals surface area contributed by atoms with Crippen LogP contribution in [0.25, 0.3) is 11.0 Å². The number of aromatic nitrogens is 2. The van der Waals surface area contributed by atoms with Crippen LogP contribution in [0.1, 0.15) is 24.4 Å². The minimum Gasteiger partial charge on any atom is -0.497 e. The molecule has 1 aromatic heterocycles. The maximum Gasteiger partial charge on any atom is 0.230 e. The number of para-hydroxylation sites is 2. The molecule has 1 heterocycles. The molecule has 1 aliphatic carbocycles. The monoisotopic (exact) mass is 381 g/mol. The van der Waals surface area contributed by atoms with Crippen molar-refractivity contribution in [2.75, 3.05) is 12.9 Å². The molecule has 0 saturated heterocycles. The first kappa shape index (κ1) is 17.9. The summed E-state index contributed by atoms with van der Waals surface area (Å²) in [4.78, 5) is 17.2. The lowest BCUT2D eigenvalue weighted by molar-refractivity contribution is -0.119. The smallest absolute Gasteiger partial charge is 0.230 e. The lowest BCUT2D eigenvalue weighted by atomic mass is 10.0. The van der Waals surface area contributed by atoms with Gasteiger partial charge in [0, 0.05) is 7.05 Å². The van der Waals surface area contributed by atoms with Crippen molar-refractivity contribution in [2.45, 2.75) is 24.0 Å². The molecule has 1 saturated carbocycles. The number of methoxy groups -OCH3 is 1. The fraction of sp³-hybridized carbons (Fsp3) is 0.333. The molecule has 1 amide bonds. The number of thioether (sulfide) groups is 1. The number of nitrogens with one attached hydrogen (secondary N) is 1. The van der Waals surface area contributed by atoms with Crippen LogP contribution in [0.4, 0.5) is 0 Å². The average molecular weight is 382 g/mol. The summed E-state index contributed by atoms with van der Waals surface area (Å²) in [5.41, 5.74) is 3.17. The molecule has 0 radical (unpaired) electrons. The molecule has 2 aromatic carbocycles. The van der Waals surface area contributed by atoms with Crippen molar-refractivity contribution in [1.29, 1.82) is 0 Å². The second kappa shape index (κ2) is 7.64. The van der Waals surface area contributed by atoms with Crippen LogP contribution in [0, 0.1) is 5.92 Å². The number of ether oxygens (including phenoxy) is 1. The number of carbonyl (C=O) groups excluding carboxylic acids is 1. The zero-order chi connectivity index (χ0) is 18.8. The van der Waals surface area contributed by atoms with Gasteiger partial charge in [-0.25, -0.2) is 4.98 Å². The van der Waals surface area contributed by atoms with E-state index in [0.717, 1.165) is 40.3 Å². The van der Waals surface area contributed by atoms with E-state index in [4.69, 9.17) is 4.74 Å². The number of hydrogen-bond donors (Lipinski definition) is 1. The first-order valence-corrected chi connectivity index (χ1v) is 10.1. The molecular formula is C21H23N3O2S. The van der Waals surface area contributed by atoms with Gasteiger partial charge in [0.1, 0.15) is 5.75 Å². The van der Waals surface area contributed by atoms with E-state index in [2.05, 4.69) is 10.3 Å². The van der Waals surface area contributed by atoms with E-state index in [1.54, 1.807) is 7.11 Å². The van der Waals surface area contributed by atoms with Crippen LogP contribution in [0.5, 0.6) is 5.75 Å². The molecule has 5 nitrogen and oxygen atoms in total. The highest BCUT2D eigenvalue weighted by atomic mass is 32.2. The number of fused-ring (bicyclic) bond motifs is 1. The van der Waals surface area contributed by atoms with Crippen molar-refractivity contribution >= 4 is 28.7 Å². The van der Waals surface area contributed by atoms with Gasteiger partial charge < -0.3 is 14.6 Å². The topological polar surface area (TPSA) is 56.1 Å². The van der Waals surface area contributed by atoms with E-state index >= 15 is 0 Å². The molecule has 0 bridgehead atoms. The molecule has 1 fully saturated rings. The van der Waals surface area contributed by atoms with Crippen LogP contribution in [0.3, 0.4) is 0 Å². The van der Waals surface area contributed by atoms with Crippen molar-refractivity contribution in [3.8, 4) is 5.75 Å². The predicted octanol–water partition coefficient (Wildman–Crippen LogP) is 3.94. The molecule has 0 aliphatic heterocycles. The minimum absolute atomic E-state index is 0.0415. The first-order chi connectivity index (χ1) is 13.2. The van der Waals surface area contributed by atoms with E-state index < -0.39 is 0 Å². The Morgan fingerprint density at radius 2 is 2.00 bits per heavy atom. The Hall–Kier alpha value is -2.47. The Balaban J connectivity index is 1.41. The third-order valence-electron chi connectivity index (χ3n) is 4.96. The standard InChI is InChI=1S/C21H23N3O2S/c1-24-18-6-4-3-5-17(18)22-21(24)27-13-19(25)23-20(14-7-8-14)15-9-11-16(26-2)12-10-15/h3-6,9-12,14,20H,7-8,13H2,1-2H3,(H,23,25). The Bertz CT molecular complexity index is 948. The summed E-state index contributed by atoms with van der Waals surface area (Å²) in [6.45, 7) is 0. The maximum absolute atomic E-state index is 12.6. The van der Waals surface area contributed by atoms with Gasteiger partial charge in [0.15, 0.2) is 5.16 Å². The second-order valence-electron chi connectivity index (χ2n) is 6.89. The Morgan fingerprint density at radius 1 is 1.26 bits per heavy atom. The zero-order valence-corrected chi connectivity index (χ0v) is 16.3. The van der Waals surface area contributed by atoms with Crippen molar-refractivity contribution in [2.24, 2.45) is 13.0 Å². The van der Waals surface area contributed by atoms with Crippen molar-refractivity contribution in [1.82, 2.24) is 14.9 Å². The van der Waals surface area contributed by atoms with E-state index in [0.29, 0.717) is 11.7 Å². The molecule has 4 rings (SSSR count). The van der Waals surface area contributed by atoms with Gasteiger partial charge in [-0.05, 0) is 48.6 Å². The summed E-state index contributed by atoms with van der Waals surface area (Å²) in [7, 11) is 3.65. The van der Waals surface area contributed by atoms with Crippen molar-refractivity contribution in [3.63, 3.8) is 0 Å². The molecule has 27 heavy (non-hydrogen) atoms. The summed E-state index contributed by atoms with van der Waals surface area (Å²) in [6, 6.07) is 16.1. The largest absolute Gasteiger partial charge is 0.497 e. The van der Waals surface area contributed by atoms with Gasteiger partial charge in [-0.2, -0.15) is 0 Å². The number of amides is 1. The van der Waals surface area contributed by atoms with Gasteiger partial charge in [-0.3, -0.25) is 4.79 Å². The molecular weight excluding hydrogens is 358 g/mol. The number of aryl methyl sites for hydroxylation is 1. The Labute approximate surface area is 163 Å². The first-order valence-electron chi connectivity index (χ1n) is 9.13. The van der Waals surface area contributed by atoms with Crippen LogP contribution in [0.15, 0.2) is 53.7 Å². The van der Waals surface area contributed by atoms with Crippen LogP contribution >= 0.6 is 11.8 Å². The molecule has 140 valence electrons. The zero-order valence-electron chi connectivity index (χ0n) is 15.5. The molecule has 6 heteroatoms. The summed E-state index contributed by atoms with van der Waals surface area (Å²) in [5.74, 6) is 1.76. The van der Waals surface area contributed by atoms with Crippen LogP contribution in [-0.4, -0.2) is 28.3 Å². The van der Waals surface area contributed by atoms with Gasteiger partial charge in [-0.1, -0.05) is 36.0 Å². The Morgan fingerprint density at radius 3 is 2.67 bits per heavy atom. The van der Waals surface area contributed by atoms with E-state index in [1.807, 2.05) is 60.1 Å². The summed E-state index contributed by atoms with van der Waals surface area (Å²) in [5, 5.41) is 4.08. The number of imidazole rings is 1. The third kappa shape index (κ3) is 3.95. The molecule has 1 aliphatic rings. The van der Waals surface area contributed by atoms with Gasteiger partial charge in [0.2, 0.25) is 5.91 Å². The van der Waals surface area contributed by atoms with Gasteiger partial charge in [0.25, 0.3) is 0 Å². The summed E-state index contributed by atoms with van der Waals surface area (Å²) < 4.78 is 7.27. The highest BCUT2D eigenvalue weighted by Gasteiger charge is 2.33. The highest BCUT2D eigenvalue weighted by Crippen LogP contribution is 2.41. The summed E-state index contributed by atoms with van der Waals surface area (Å²) >= 11 is 1.48. The molecule has 0 spiro atoms. The molecule has 1 unspecified atom stereocenters. The molecule has 3 aromatic rings. The van der Waals surface area contributed by atoms with Crippen LogP contribution in [0.2, 0.25) is 0 Å². The highest BCUT2D eigenvalue weighted by molar-refractivity contribution is 7.99. The lowest BCUT2D eigenvalue weighted by Gasteiger charge is -2.19. The van der Waals surface area contributed by atoms with Gasteiger partial charge >= 0.3 is 0 Å². The van der Waals surface area contributed by atoms with Gasteiger partial charge in [-0.15, -0.1) is 0 Å². The Kier molecular flexibility index (Phi) is 5.07. The minimum atomic E-state index is 0.0415. The number of rotatable bonds is 7. The second-order valence-corrected chi connectivity index (χ2v) is 7.83. The number of nitrogens with zero attached hydrogens (tertiary/aromatic N) is 2. The van der Waals surface area contributed by atoms with E-state index in [-0.39, 0.29) is 11.9 Å². The number of hydrogen-bond acceptors (Lipinski definition) is 4. The lowest BCUT2D eigenvalue weighted by Crippen LogP contribution is -2.31. The average Bonchev–Trinajstić information content (AvgIpc) is 3.49. The van der Waals surface area contributed by atoms with E-state index in [1.165, 1.54) is 11.8 Å². The fourth-order valence-electron chi connectivity index (χ4n) is 3.31. The van der Waals surface area contributed by atoms with Crippen molar-refractivity contribution < 1.29 is 9.53 Å². The number of benzene rings is 2. The maximum atomic E-state index is 12.6. The fourth-order valence-corrected chi connectivity index (χ4v) is 4.11.